The number of nitrogens with zero attached hydrogens (tertiary/aromatic N) is 2. The Kier molecular flexibility index (Phi) is 5.48. The fourth-order valence-electron chi connectivity index (χ4n) is 4.26. The first-order valence-corrected chi connectivity index (χ1v) is 10.3. The highest BCUT2D eigenvalue weighted by Gasteiger charge is 2.31. The SMILES string of the molecule is COc1ccccc1CCNC(=O)c1c(N2CCCC2=O)c2cc(C)ccc2n1C. The van der Waals surface area contributed by atoms with Crippen LogP contribution in [0.25, 0.3) is 10.9 Å². The van der Waals surface area contributed by atoms with Crippen LogP contribution in [0.1, 0.15) is 34.5 Å². The fourth-order valence-corrected chi connectivity index (χ4v) is 4.26. The van der Waals surface area contributed by atoms with Gasteiger partial charge < -0.3 is 19.5 Å². The number of methoxy groups -OCH3 is 1. The number of para-hydroxylation sites is 1. The molecule has 0 bridgehead atoms. The molecule has 0 atom stereocenters. The molecule has 1 aliphatic heterocycles. The molecule has 1 saturated heterocycles. The summed E-state index contributed by atoms with van der Waals surface area (Å²) in [6.07, 6.45) is 2.00. The van der Waals surface area contributed by atoms with Gasteiger partial charge in [0.1, 0.15) is 11.4 Å². The van der Waals surface area contributed by atoms with Gasteiger partial charge in [0, 0.05) is 31.9 Å². The summed E-state index contributed by atoms with van der Waals surface area (Å²) in [5, 5.41) is 3.99. The molecule has 2 heterocycles. The van der Waals surface area contributed by atoms with Crippen molar-refractivity contribution in [2.75, 3.05) is 25.1 Å². The highest BCUT2D eigenvalue weighted by atomic mass is 16.5. The normalized spacial score (nSPS) is 13.8. The van der Waals surface area contributed by atoms with E-state index in [0.717, 1.165) is 39.9 Å². The lowest BCUT2D eigenvalue weighted by molar-refractivity contribution is -0.117. The van der Waals surface area contributed by atoms with Crippen LogP contribution in [0.5, 0.6) is 5.75 Å². The van der Waals surface area contributed by atoms with Gasteiger partial charge in [-0.3, -0.25) is 9.59 Å². The molecule has 1 fully saturated rings. The highest BCUT2D eigenvalue weighted by Crippen LogP contribution is 2.36. The van der Waals surface area contributed by atoms with Crippen molar-refractivity contribution in [2.24, 2.45) is 7.05 Å². The van der Waals surface area contributed by atoms with Gasteiger partial charge in [-0.25, -0.2) is 0 Å². The van der Waals surface area contributed by atoms with Gasteiger partial charge in [0.15, 0.2) is 0 Å². The number of hydrogen-bond donors (Lipinski definition) is 1. The van der Waals surface area contributed by atoms with Crippen molar-refractivity contribution in [3.8, 4) is 5.75 Å². The molecule has 156 valence electrons. The van der Waals surface area contributed by atoms with Crippen molar-refractivity contribution in [3.63, 3.8) is 0 Å². The Hall–Kier alpha value is -3.28. The first kappa shape index (κ1) is 20.0. The van der Waals surface area contributed by atoms with Crippen LogP contribution in [-0.4, -0.2) is 36.6 Å². The summed E-state index contributed by atoms with van der Waals surface area (Å²) >= 11 is 0. The van der Waals surface area contributed by atoms with Crippen molar-refractivity contribution in [1.82, 2.24) is 9.88 Å². The Balaban J connectivity index is 1.65. The van der Waals surface area contributed by atoms with Crippen molar-refractivity contribution < 1.29 is 14.3 Å². The number of ether oxygens (including phenoxy) is 1. The van der Waals surface area contributed by atoms with Crippen molar-refractivity contribution in [2.45, 2.75) is 26.2 Å². The summed E-state index contributed by atoms with van der Waals surface area (Å²) in [6.45, 7) is 3.15. The van der Waals surface area contributed by atoms with E-state index in [2.05, 4.69) is 11.4 Å². The van der Waals surface area contributed by atoms with E-state index in [9.17, 15) is 9.59 Å². The molecule has 2 aromatic carbocycles. The Labute approximate surface area is 176 Å². The van der Waals surface area contributed by atoms with Gasteiger partial charge in [-0.15, -0.1) is 0 Å². The third kappa shape index (κ3) is 3.54. The number of rotatable bonds is 6. The summed E-state index contributed by atoms with van der Waals surface area (Å²) in [5.41, 5.74) is 4.36. The fraction of sp³-hybridized carbons (Fsp3) is 0.333. The molecule has 6 nitrogen and oxygen atoms in total. The maximum atomic E-state index is 13.2. The first-order chi connectivity index (χ1) is 14.5. The Morgan fingerprint density at radius 2 is 2.00 bits per heavy atom. The van der Waals surface area contributed by atoms with E-state index in [1.807, 2.05) is 54.9 Å². The van der Waals surface area contributed by atoms with Crippen LogP contribution in [0.3, 0.4) is 0 Å². The van der Waals surface area contributed by atoms with Gasteiger partial charge in [0.05, 0.1) is 18.3 Å². The molecule has 4 rings (SSSR count). The number of carbonyl (C=O) groups excluding carboxylic acids is 2. The predicted octanol–water partition coefficient (Wildman–Crippen LogP) is 3.59. The molecule has 2 amide bonds. The summed E-state index contributed by atoms with van der Waals surface area (Å²) in [4.78, 5) is 27.6. The lowest BCUT2D eigenvalue weighted by atomic mass is 10.1. The van der Waals surface area contributed by atoms with E-state index < -0.39 is 0 Å². The summed E-state index contributed by atoms with van der Waals surface area (Å²) in [6, 6.07) is 13.9. The molecule has 0 saturated carbocycles. The number of anilines is 1. The molecule has 1 aromatic heterocycles. The van der Waals surface area contributed by atoms with Crippen LogP contribution < -0.4 is 15.0 Å². The smallest absolute Gasteiger partial charge is 0.270 e. The predicted molar refractivity (Wildman–Crippen MR) is 118 cm³/mol. The maximum absolute atomic E-state index is 13.2. The minimum absolute atomic E-state index is 0.0760. The second-order valence-corrected chi connectivity index (χ2v) is 7.74. The van der Waals surface area contributed by atoms with Crippen LogP contribution in [0, 0.1) is 6.92 Å². The number of carbonyl (C=O) groups is 2. The third-order valence-corrected chi connectivity index (χ3v) is 5.76. The first-order valence-electron chi connectivity index (χ1n) is 10.3. The minimum Gasteiger partial charge on any atom is -0.496 e. The van der Waals surface area contributed by atoms with Crippen LogP contribution in [0.2, 0.25) is 0 Å². The highest BCUT2D eigenvalue weighted by molar-refractivity contribution is 6.14. The molecule has 6 heteroatoms. The quantitative estimate of drug-likeness (QED) is 0.682. The molecule has 0 spiro atoms. The maximum Gasteiger partial charge on any atom is 0.270 e. The standard InChI is InChI=1S/C24H27N3O3/c1-16-10-11-19-18(15-16)22(27-14-6-9-21(27)28)23(26(19)2)24(29)25-13-12-17-7-4-5-8-20(17)30-3/h4-5,7-8,10-11,15H,6,9,12-14H2,1-3H3,(H,25,29). The zero-order valence-electron chi connectivity index (χ0n) is 17.7. The molecule has 3 aromatic rings. The molecule has 0 radical (unpaired) electrons. The molecule has 1 aliphatic rings. The van der Waals surface area contributed by atoms with Gasteiger partial charge in [-0.2, -0.15) is 0 Å². The van der Waals surface area contributed by atoms with Gasteiger partial charge in [0.25, 0.3) is 5.91 Å². The van der Waals surface area contributed by atoms with Crippen molar-refractivity contribution in [3.05, 3.63) is 59.3 Å². The van der Waals surface area contributed by atoms with Crippen molar-refractivity contribution in [1.29, 1.82) is 0 Å². The van der Waals surface area contributed by atoms with Crippen molar-refractivity contribution >= 4 is 28.4 Å². The lowest BCUT2D eigenvalue weighted by Gasteiger charge is -2.18. The second kappa shape index (κ2) is 8.22. The Bertz CT molecular complexity index is 1120. The number of aryl methyl sites for hydroxylation is 2. The molecule has 0 aliphatic carbocycles. The zero-order valence-corrected chi connectivity index (χ0v) is 17.7. The summed E-state index contributed by atoms with van der Waals surface area (Å²) < 4.78 is 7.29. The number of fused-ring (bicyclic) bond motifs is 1. The monoisotopic (exact) mass is 405 g/mol. The van der Waals surface area contributed by atoms with E-state index in [4.69, 9.17) is 4.74 Å². The van der Waals surface area contributed by atoms with Crippen LogP contribution in [-0.2, 0) is 18.3 Å². The average Bonchev–Trinajstić information content (AvgIpc) is 3.28. The van der Waals surface area contributed by atoms with E-state index in [1.165, 1.54) is 0 Å². The molecule has 0 unspecified atom stereocenters. The molecular weight excluding hydrogens is 378 g/mol. The second-order valence-electron chi connectivity index (χ2n) is 7.74. The lowest BCUT2D eigenvalue weighted by Crippen LogP contribution is -2.31. The van der Waals surface area contributed by atoms with E-state index in [-0.39, 0.29) is 11.8 Å². The number of aromatic nitrogens is 1. The summed E-state index contributed by atoms with van der Waals surface area (Å²) in [7, 11) is 3.53. The zero-order chi connectivity index (χ0) is 21.3. The van der Waals surface area contributed by atoms with Crippen LogP contribution in [0.15, 0.2) is 42.5 Å². The molecular formula is C24H27N3O3. The molecule has 1 N–H and O–H groups in total. The number of amides is 2. The topological polar surface area (TPSA) is 63.6 Å². The Morgan fingerprint density at radius 3 is 2.73 bits per heavy atom. The van der Waals surface area contributed by atoms with Gasteiger partial charge in [-0.1, -0.05) is 29.8 Å². The van der Waals surface area contributed by atoms with Gasteiger partial charge >= 0.3 is 0 Å². The van der Waals surface area contributed by atoms with Crippen LogP contribution in [0.4, 0.5) is 5.69 Å². The van der Waals surface area contributed by atoms with E-state index >= 15 is 0 Å². The number of hydrogen-bond acceptors (Lipinski definition) is 3. The minimum atomic E-state index is -0.170. The van der Waals surface area contributed by atoms with Gasteiger partial charge in [0.2, 0.25) is 5.91 Å². The third-order valence-electron chi connectivity index (χ3n) is 5.76. The van der Waals surface area contributed by atoms with E-state index in [0.29, 0.717) is 31.6 Å². The molecule has 30 heavy (non-hydrogen) atoms. The number of nitrogens with one attached hydrogen (secondary N) is 1. The number of benzene rings is 2. The van der Waals surface area contributed by atoms with E-state index in [1.54, 1.807) is 12.0 Å². The largest absolute Gasteiger partial charge is 0.496 e. The average molecular weight is 405 g/mol. The Morgan fingerprint density at radius 1 is 1.20 bits per heavy atom. The van der Waals surface area contributed by atoms with Crippen LogP contribution >= 0.6 is 0 Å². The summed E-state index contributed by atoms with van der Waals surface area (Å²) in [5.74, 6) is 0.721. The van der Waals surface area contributed by atoms with Gasteiger partial charge in [-0.05, 0) is 43.5 Å².